The molecule has 1 saturated heterocycles. The van der Waals surface area contributed by atoms with E-state index in [0.717, 1.165) is 0 Å². The first-order chi connectivity index (χ1) is 16.4. The van der Waals surface area contributed by atoms with Crippen molar-refractivity contribution in [1.82, 2.24) is 9.88 Å². The van der Waals surface area contributed by atoms with Crippen molar-refractivity contribution in [2.75, 3.05) is 18.0 Å². The van der Waals surface area contributed by atoms with E-state index in [1.54, 1.807) is 30.3 Å². The van der Waals surface area contributed by atoms with E-state index in [1.165, 1.54) is 22.8 Å². The van der Waals surface area contributed by atoms with Crippen LogP contribution in [0, 0.1) is 28.5 Å². The van der Waals surface area contributed by atoms with E-state index < -0.39 is 5.56 Å². The van der Waals surface area contributed by atoms with Crippen molar-refractivity contribution in [1.29, 1.82) is 10.5 Å². The fraction of sp³-hybridized carbons (Fsp3) is 0.231. The minimum absolute atomic E-state index is 0.00159. The van der Waals surface area contributed by atoms with E-state index in [9.17, 15) is 24.5 Å². The number of anilines is 1. The Morgan fingerprint density at radius 2 is 1.85 bits per heavy atom. The van der Waals surface area contributed by atoms with Gasteiger partial charge in [0.25, 0.3) is 5.56 Å². The van der Waals surface area contributed by atoms with Crippen LogP contribution in [0.25, 0.3) is 10.9 Å². The molecule has 1 amide bonds. The van der Waals surface area contributed by atoms with Crippen LogP contribution in [0.5, 0.6) is 0 Å². The Bertz CT molecular complexity index is 1400. The number of carbonyl (C=O) groups excluding carboxylic acids is 1. The minimum Gasteiger partial charge on any atom is -0.370 e. The fourth-order valence-electron chi connectivity index (χ4n) is 4.38. The van der Waals surface area contributed by atoms with Crippen LogP contribution in [0.1, 0.15) is 29.5 Å². The lowest BCUT2D eigenvalue weighted by molar-refractivity contribution is -0.117. The highest BCUT2D eigenvalue weighted by molar-refractivity contribution is 5.96. The van der Waals surface area contributed by atoms with E-state index in [1.807, 2.05) is 4.90 Å². The quantitative estimate of drug-likeness (QED) is 0.596. The van der Waals surface area contributed by atoms with Gasteiger partial charge in [-0.3, -0.25) is 9.59 Å². The summed E-state index contributed by atoms with van der Waals surface area (Å²) in [6, 6.07) is 15.1. The maximum Gasteiger partial charge on any atom is 0.271 e. The van der Waals surface area contributed by atoms with Crippen LogP contribution in [0.2, 0.25) is 0 Å². The van der Waals surface area contributed by atoms with Crippen molar-refractivity contribution < 1.29 is 9.18 Å². The van der Waals surface area contributed by atoms with Crippen LogP contribution in [0.4, 0.5) is 10.1 Å². The van der Waals surface area contributed by atoms with Crippen LogP contribution in [0.15, 0.2) is 59.9 Å². The van der Waals surface area contributed by atoms with Gasteiger partial charge in [-0.05, 0) is 54.8 Å². The van der Waals surface area contributed by atoms with Crippen LogP contribution >= 0.6 is 0 Å². The van der Waals surface area contributed by atoms with E-state index >= 15 is 0 Å². The first-order valence-electron chi connectivity index (χ1n) is 10.9. The summed E-state index contributed by atoms with van der Waals surface area (Å²) in [6.07, 6.45) is 2.52. The molecule has 1 aliphatic rings. The number of hydrogen-bond acceptors (Lipinski definition) is 5. The largest absolute Gasteiger partial charge is 0.370 e. The van der Waals surface area contributed by atoms with Gasteiger partial charge in [-0.2, -0.15) is 10.5 Å². The molecule has 0 atom stereocenters. The Morgan fingerprint density at radius 3 is 2.47 bits per heavy atom. The standard InChI is InChI=1S/C26H22FN5O2/c1-2-24(33)30-20-9-11-31(12-10-20)25-21-13-18(14-28)5-8-23(21)32(26(34)22(25)15-29)16-17-3-6-19(27)7-4-17/h2-8,13,20H,1,9-12,16H2,(H,30,33). The van der Waals surface area contributed by atoms with Gasteiger partial charge in [0.15, 0.2) is 0 Å². The molecule has 0 spiro atoms. The zero-order chi connectivity index (χ0) is 24.2. The van der Waals surface area contributed by atoms with E-state index in [0.29, 0.717) is 53.6 Å². The number of nitrogens with one attached hydrogen (secondary N) is 1. The number of piperidine rings is 1. The Labute approximate surface area is 196 Å². The van der Waals surface area contributed by atoms with Gasteiger partial charge < -0.3 is 14.8 Å². The molecule has 1 aliphatic heterocycles. The second kappa shape index (κ2) is 9.60. The number of amides is 1. The van der Waals surface area contributed by atoms with E-state index in [-0.39, 0.29) is 29.9 Å². The van der Waals surface area contributed by atoms with Gasteiger partial charge in [0.2, 0.25) is 5.91 Å². The zero-order valence-corrected chi connectivity index (χ0v) is 18.4. The lowest BCUT2D eigenvalue weighted by Gasteiger charge is -2.35. The maximum absolute atomic E-state index is 13.5. The molecule has 0 bridgehead atoms. The normalized spacial score (nSPS) is 13.8. The van der Waals surface area contributed by atoms with Gasteiger partial charge in [0, 0.05) is 24.5 Å². The molecule has 0 unspecified atom stereocenters. The van der Waals surface area contributed by atoms with Gasteiger partial charge in [0.05, 0.1) is 29.4 Å². The number of aromatic nitrogens is 1. The zero-order valence-electron chi connectivity index (χ0n) is 18.4. The number of halogens is 1. The van der Waals surface area contributed by atoms with Crippen molar-refractivity contribution in [3.05, 3.63) is 88.0 Å². The van der Waals surface area contributed by atoms with E-state index in [2.05, 4.69) is 24.0 Å². The third-order valence-electron chi connectivity index (χ3n) is 6.08. The van der Waals surface area contributed by atoms with Crippen LogP contribution < -0.4 is 15.8 Å². The number of benzene rings is 2. The number of nitriles is 2. The number of hydrogen-bond donors (Lipinski definition) is 1. The van der Waals surface area contributed by atoms with Crippen LogP contribution in [0.3, 0.4) is 0 Å². The Morgan fingerprint density at radius 1 is 1.15 bits per heavy atom. The minimum atomic E-state index is -0.443. The summed E-state index contributed by atoms with van der Waals surface area (Å²) in [5, 5.41) is 23.0. The summed E-state index contributed by atoms with van der Waals surface area (Å²) in [7, 11) is 0. The summed E-state index contributed by atoms with van der Waals surface area (Å²) < 4.78 is 14.8. The third-order valence-corrected chi connectivity index (χ3v) is 6.08. The number of carbonyl (C=O) groups is 1. The molecule has 34 heavy (non-hydrogen) atoms. The van der Waals surface area contributed by atoms with Gasteiger partial charge in [0.1, 0.15) is 17.4 Å². The highest BCUT2D eigenvalue weighted by atomic mass is 19.1. The molecule has 1 fully saturated rings. The van der Waals surface area contributed by atoms with Gasteiger partial charge in [-0.25, -0.2) is 4.39 Å². The number of nitrogens with zero attached hydrogens (tertiary/aromatic N) is 4. The topological polar surface area (TPSA) is 102 Å². The fourth-order valence-corrected chi connectivity index (χ4v) is 4.38. The van der Waals surface area contributed by atoms with Gasteiger partial charge in [-0.1, -0.05) is 18.7 Å². The summed E-state index contributed by atoms with van der Waals surface area (Å²) in [5.74, 6) is -0.607. The molecule has 1 aromatic heterocycles. The Balaban J connectivity index is 1.81. The molecule has 2 heterocycles. The van der Waals surface area contributed by atoms with E-state index in [4.69, 9.17) is 0 Å². The molecule has 0 radical (unpaired) electrons. The summed E-state index contributed by atoms with van der Waals surface area (Å²) in [5.41, 5.74) is 1.77. The van der Waals surface area contributed by atoms with Gasteiger partial charge in [-0.15, -0.1) is 0 Å². The monoisotopic (exact) mass is 455 g/mol. The number of fused-ring (bicyclic) bond motifs is 1. The van der Waals surface area contributed by atoms with Crippen molar-refractivity contribution in [2.24, 2.45) is 0 Å². The smallest absolute Gasteiger partial charge is 0.271 e. The number of rotatable bonds is 5. The molecule has 4 rings (SSSR count). The summed E-state index contributed by atoms with van der Waals surface area (Å²) in [6.45, 7) is 4.70. The van der Waals surface area contributed by atoms with Crippen LogP contribution in [-0.4, -0.2) is 29.6 Å². The second-order valence-electron chi connectivity index (χ2n) is 8.17. The lowest BCUT2D eigenvalue weighted by atomic mass is 10.00. The Hall–Kier alpha value is -4.43. The first kappa shape index (κ1) is 22.8. The molecule has 2 aromatic carbocycles. The molecular formula is C26H22FN5O2. The SMILES string of the molecule is C=CC(=O)NC1CCN(c2c(C#N)c(=O)n(Cc3ccc(F)cc3)c3ccc(C#N)cc23)CC1. The van der Waals surface area contributed by atoms with Crippen molar-refractivity contribution in [2.45, 2.75) is 25.4 Å². The molecule has 0 saturated carbocycles. The predicted octanol–water partition coefficient (Wildman–Crippen LogP) is 3.20. The van der Waals surface area contributed by atoms with Crippen LogP contribution in [-0.2, 0) is 11.3 Å². The highest BCUT2D eigenvalue weighted by Gasteiger charge is 2.26. The molecule has 0 aliphatic carbocycles. The molecule has 3 aromatic rings. The average molecular weight is 455 g/mol. The Kier molecular flexibility index (Phi) is 6.42. The highest BCUT2D eigenvalue weighted by Crippen LogP contribution is 2.32. The number of pyridine rings is 1. The molecule has 1 N–H and O–H groups in total. The third kappa shape index (κ3) is 4.39. The van der Waals surface area contributed by atoms with Crippen molar-refractivity contribution in [3.8, 4) is 12.1 Å². The molecule has 170 valence electrons. The first-order valence-corrected chi connectivity index (χ1v) is 10.9. The summed E-state index contributed by atoms with van der Waals surface area (Å²) >= 11 is 0. The molecule has 7 nitrogen and oxygen atoms in total. The maximum atomic E-state index is 13.5. The summed E-state index contributed by atoms with van der Waals surface area (Å²) in [4.78, 5) is 27.1. The van der Waals surface area contributed by atoms with Crippen molar-refractivity contribution in [3.63, 3.8) is 0 Å². The average Bonchev–Trinajstić information content (AvgIpc) is 2.86. The van der Waals surface area contributed by atoms with Gasteiger partial charge >= 0.3 is 0 Å². The lowest BCUT2D eigenvalue weighted by Crippen LogP contribution is -2.45. The molecule has 8 heteroatoms. The van der Waals surface area contributed by atoms with Crippen molar-refractivity contribution >= 4 is 22.5 Å². The molecular weight excluding hydrogens is 433 g/mol. The second-order valence-corrected chi connectivity index (χ2v) is 8.17. The predicted molar refractivity (Wildman–Crippen MR) is 127 cm³/mol.